The first-order chi connectivity index (χ1) is 16.6. The van der Waals surface area contributed by atoms with Gasteiger partial charge in [-0.1, -0.05) is 23.7 Å². The topological polar surface area (TPSA) is 76.6 Å². The van der Waals surface area contributed by atoms with Gasteiger partial charge in [0.15, 0.2) is 0 Å². The predicted molar refractivity (Wildman–Crippen MR) is 137 cm³/mol. The maximum atomic E-state index is 14.6. The maximum Gasteiger partial charge on any atom is 0.410 e. The molecule has 1 aromatic carbocycles. The largest absolute Gasteiger partial charge is 0.444 e. The number of amides is 1. The molecule has 1 aliphatic heterocycles. The number of piperazine rings is 1. The summed E-state index contributed by atoms with van der Waals surface area (Å²) < 4.78 is 26.3. The van der Waals surface area contributed by atoms with Crippen molar-refractivity contribution in [3.05, 3.63) is 57.0 Å². The van der Waals surface area contributed by atoms with Crippen LogP contribution in [-0.2, 0) is 16.1 Å². The van der Waals surface area contributed by atoms with Crippen molar-refractivity contribution >= 4 is 44.5 Å². The van der Waals surface area contributed by atoms with E-state index in [0.29, 0.717) is 57.7 Å². The number of carbonyl (C=O) groups excluding carboxylic acids is 1. The predicted octanol–water partition coefficient (Wildman–Crippen LogP) is 5.88. The first kappa shape index (κ1) is 25.8. The van der Waals surface area contributed by atoms with Gasteiger partial charge in [-0.3, -0.25) is 9.88 Å². The summed E-state index contributed by atoms with van der Waals surface area (Å²) in [7, 11) is 1.58. The molecule has 0 aliphatic carbocycles. The Morgan fingerprint density at radius 2 is 2.06 bits per heavy atom. The van der Waals surface area contributed by atoms with Gasteiger partial charge in [0, 0.05) is 37.7 Å². The number of benzene rings is 1. The molecule has 1 amide bonds. The van der Waals surface area contributed by atoms with Crippen LogP contribution in [0.15, 0.2) is 34.8 Å². The molecule has 7 nitrogen and oxygen atoms in total. The fourth-order valence-corrected chi connectivity index (χ4v) is 4.82. The highest BCUT2D eigenvalue weighted by Gasteiger charge is 2.34. The van der Waals surface area contributed by atoms with Crippen LogP contribution in [-0.4, -0.2) is 53.3 Å². The Balaban J connectivity index is 1.91. The molecule has 10 heteroatoms. The Morgan fingerprint density at radius 3 is 2.74 bits per heavy atom. The van der Waals surface area contributed by atoms with Gasteiger partial charge in [-0.05, 0) is 54.9 Å². The monoisotopic (exact) mass is 564 g/mol. The molecule has 186 valence electrons. The number of carbonyl (C=O) groups is 1. The molecule has 3 aromatic rings. The number of hydrogen-bond donors (Lipinski definition) is 1. The molecule has 35 heavy (non-hydrogen) atoms. The Kier molecular flexibility index (Phi) is 7.61. The van der Waals surface area contributed by atoms with Gasteiger partial charge >= 0.3 is 6.09 Å². The van der Waals surface area contributed by atoms with Crippen molar-refractivity contribution in [2.75, 3.05) is 26.7 Å². The summed E-state index contributed by atoms with van der Waals surface area (Å²) in [6.45, 7) is 7.27. The van der Waals surface area contributed by atoms with E-state index in [4.69, 9.17) is 31.0 Å². The van der Waals surface area contributed by atoms with E-state index in [1.54, 1.807) is 36.3 Å². The van der Waals surface area contributed by atoms with Gasteiger partial charge in [-0.2, -0.15) is 0 Å². The van der Waals surface area contributed by atoms with Crippen LogP contribution in [0, 0.1) is 5.82 Å². The highest BCUT2D eigenvalue weighted by Crippen LogP contribution is 2.38. The second kappa shape index (κ2) is 10.3. The number of pyridine rings is 2. The van der Waals surface area contributed by atoms with Crippen LogP contribution in [0.25, 0.3) is 22.2 Å². The van der Waals surface area contributed by atoms with E-state index in [1.165, 1.54) is 6.07 Å². The molecule has 1 saturated heterocycles. The van der Waals surface area contributed by atoms with E-state index in [0.717, 1.165) is 0 Å². The number of ether oxygens (including phenoxy) is 2. The first-order valence-corrected chi connectivity index (χ1v) is 12.4. The summed E-state index contributed by atoms with van der Waals surface area (Å²) in [5.74, 6) is -0.420. The molecule has 0 radical (unpaired) electrons. The lowest BCUT2D eigenvalue weighted by atomic mass is 10.0. The molecule has 1 atom stereocenters. The van der Waals surface area contributed by atoms with Gasteiger partial charge in [0.05, 0.1) is 44.7 Å². The molecule has 0 bridgehead atoms. The first-order valence-electron chi connectivity index (χ1n) is 11.2. The lowest BCUT2D eigenvalue weighted by Crippen LogP contribution is -2.50. The molecule has 0 spiro atoms. The maximum absolute atomic E-state index is 14.6. The molecule has 1 aliphatic rings. The zero-order valence-corrected chi connectivity index (χ0v) is 22.3. The third-order valence-corrected chi connectivity index (χ3v) is 6.69. The molecule has 4 rings (SSSR count). The van der Waals surface area contributed by atoms with Gasteiger partial charge < -0.3 is 14.8 Å². The quantitative estimate of drug-likeness (QED) is 0.426. The molecule has 3 heterocycles. The number of aromatic nitrogens is 2. The second-order valence-electron chi connectivity index (χ2n) is 9.28. The van der Waals surface area contributed by atoms with Gasteiger partial charge in [0.25, 0.3) is 0 Å². The SMILES string of the molecule is COCc1nc(C2CNCCN2C(=O)OC(C)(C)C)c2cc(Cl)c(-c3ccccc3F)nc2c1Br. The van der Waals surface area contributed by atoms with Crippen molar-refractivity contribution < 1.29 is 18.7 Å². The molecule has 1 unspecified atom stereocenters. The highest BCUT2D eigenvalue weighted by molar-refractivity contribution is 9.10. The Labute approximate surface area is 217 Å². The zero-order valence-electron chi connectivity index (χ0n) is 20.0. The normalized spacial score (nSPS) is 16.5. The molecular weight excluding hydrogens is 539 g/mol. The number of nitrogens with zero attached hydrogens (tertiary/aromatic N) is 3. The Morgan fingerprint density at radius 1 is 1.31 bits per heavy atom. The summed E-state index contributed by atoms with van der Waals surface area (Å²) in [6.07, 6.45) is -0.419. The molecule has 1 fully saturated rings. The van der Waals surface area contributed by atoms with E-state index in [-0.39, 0.29) is 11.6 Å². The van der Waals surface area contributed by atoms with Crippen LogP contribution in [0.1, 0.15) is 38.2 Å². The second-order valence-corrected chi connectivity index (χ2v) is 10.5. The van der Waals surface area contributed by atoms with Crippen molar-refractivity contribution in [1.82, 2.24) is 20.2 Å². The van der Waals surface area contributed by atoms with Crippen LogP contribution in [0.2, 0.25) is 5.02 Å². The minimum Gasteiger partial charge on any atom is -0.444 e. The van der Waals surface area contributed by atoms with Gasteiger partial charge in [0.2, 0.25) is 0 Å². The van der Waals surface area contributed by atoms with Crippen LogP contribution in [0.4, 0.5) is 9.18 Å². The summed E-state index contributed by atoms with van der Waals surface area (Å²) in [5.41, 5.74) is 1.76. The number of hydrogen-bond acceptors (Lipinski definition) is 6. The lowest BCUT2D eigenvalue weighted by molar-refractivity contribution is 0.0114. The summed E-state index contributed by atoms with van der Waals surface area (Å²) in [6, 6.07) is 7.66. The van der Waals surface area contributed by atoms with Crippen molar-refractivity contribution in [3.63, 3.8) is 0 Å². The summed E-state index contributed by atoms with van der Waals surface area (Å²) in [4.78, 5) is 24.4. The van der Waals surface area contributed by atoms with E-state index in [9.17, 15) is 9.18 Å². The average Bonchev–Trinajstić information content (AvgIpc) is 2.80. The molecule has 1 N–H and O–H groups in total. The van der Waals surface area contributed by atoms with Crippen LogP contribution in [0.3, 0.4) is 0 Å². The number of methoxy groups -OCH3 is 1. The lowest BCUT2D eigenvalue weighted by Gasteiger charge is -2.37. The van der Waals surface area contributed by atoms with Crippen molar-refractivity contribution in [1.29, 1.82) is 0 Å². The van der Waals surface area contributed by atoms with E-state index in [1.807, 2.05) is 20.8 Å². The minimum atomic E-state index is -0.636. The van der Waals surface area contributed by atoms with Crippen molar-refractivity contribution in [2.24, 2.45) is 0 Å². The third-order valence-electron chi connectivity index (χ3n) is 5.57. The van der Waals surface area contributed by atoms with Gasteiger partial charge in [0.1, 0.15) is 11.4 Å². The standard InChI is InChI=1S/C25H27BrClFN4O3/c1-25(2,3)35-24(33)32-10-9-29-12-19(32)22-15-11-16(27)21(14-7-5-6-8-17(14)28)31-23(15)20(26)18(30-22)13-34-4/h5-8,11,19,29H,9-10,12-13H2,1-4H3. The highest BCUT2D eigenvalue weighted by atomic mass is 79.9. The number of nitrogens with one attached hydrogen (secondary N) is 1. The zero-order chi connectivity index (χ0) is 25.3. The average molecular weight is 566 g/mol. The smallest absolute Gasteiger partial charge is 0.410 e. The third kappa shape index (κ3) is 5.43. The van der Waals surface area contributed by atoms with Crippen molar-refractivity contribution in [3.8, 4) is 11.3 Å². The Hall–Kier alpha value is -2.33. The van der Waals surface area contributed by atoms with Crippen LogP contribution >= 0.6 is 27.5 Å². The van der Waals surface area contributed by atoms with Crippen molar-refractivity contribution in [2.45, 2.75) is 39.0 Å². The van der Waals surface area contributed by atoms with Crippen LogP contribution < -0.4 is 5.32 Å². The van der Waals surface area contributed by atoms with E-state index < -0.39 is 23.6 Å². The minimum absolute atomic E-state index is 0.218. The molecule has 2 aromatic heterocycles. The van der Waals surface area contributed by atoms with E-state index >= 15 is 0 Å². The fraction of sp³-hybridized carbons (Fsp3) is 0.400. The Bertz CT molecular complexity index is 1270. The molecular formula is C25H27BrClFN4O3. The number of rotatable bonds is 4. The number of fused-ring (bicyclic) bond motifs is 1. The molecule has 0 saturated carbocycles. The van der Waals surface area contributed by atoms with Gasteiger partial charge in [-0.15, -0.1) is 0 Å². The summed E-state index contributed by atoms with van der Waals surface area (Å²) >= 11 is 10.3. The number of halogens is 3. The van der Waals surface area contributed by atoms with E-state index in [2.05, 4.69) is 21.2 Å². The van der Waals surface area contributed by atoms with Gasteiger partial charge in [-0.25, -0.2) is 14.2 Å². The van der Waals surface area contributed by atoms with Crippen LogP contribution in [0.5, 0.6) is 0 Å². The fourth-order valence-electron chi connectivity index (χ4n) is 4.06. The summed E-state index contributed by atoms with van der Waals surface area (Å²) in [5, 5.41) is 4.27.